The molecule has 41 heavy (non-hydrogen) atoms. The lowest BCUT2D eigenvalue weighted by Gasteiger charge is -2.15. The van der Waals surface area contributed by atoms with E-state index < -0.39 is 0 Å². The van der Waals surface area contributed by atoms with Gasteiger partial charge in [0.25, 0.3) is 5.56 Å². The molecule has 0 amide bonds. The zero-order valence-electron chi connectivity index (χ0n) is 21.4. The molecule has 1 atom stereocenters. The quantitative estimate of drug-likeness (QED) is 0.238. The third-order valence-corrected chi connectivity index (χ3v) is 7.66. The second-order valence-corrected chi connectivity index (χ2v) is 10.5. The van der Waals surface area contributed by atoms with Crippen LogP contribution in [0.5, 0.6) is 0 Å². The van der Waals surface area contributed by atoms with Crippen molar-refractivity contribution in [3.8, 4) is 28.1 Å². The number of rotatable bonds is 7. The summed E-state index contributed by atoms with van der Waals surface area (Å²) in [7, 11) is 0. The van der Waals surface area contributed by atoms with Crippen molar-refractivity contribution >= 4 is 29.0 Å². The SMILES string of the molecule is O=c1cc(-c2cc(Cl)ccc2-n2cnnn2)cc2n1[C@H](c1nc(-c3ccc(NCc4ccc[nH]4)nc3)c(Cl)[nH]1)CC2. The van der Waals surface area contributed by atoms with E-state index in [4.69, 9.17) is 28.2 Å². The smallest absolute Gasteiger partial charge is 0.252 e. The van der Waals surface area contributed by atoms with Gasteiger partial charge >= 0.3 is 0 Å². The number of hydrogen-bond acceptors (Lipinski definition) is 7. The highest BCUT2D eigenvalue weighted by molar-refractivity contribution is 6.32. The van der Waals surface area contributed by atoms with Gasteiger partial charge in [-0.05, 0) is 77.4 Å². The Bertz CT molecular complexity index is 1890. The van der Waals surface area contributed by atoms with Gasteiger partial charge in [0.2, 0.25) is 0 Å². The molecule has 1 aliphatic heterocycles. The van der Waals surface area contributed by atoms with Gasteiger partial charge in [0.05, 0.1) is 18.3 Å². The number of fused-ring (bicyclic) bond motifs is 1. The predicted octanol–water partition coefficient (Wildman–Crippen LogP) is 5.06. The Hall–Kier alpha value is -4.74. The number of aromatic nitrogens is 9. The Morgan fingerprint density at radius 2 is 2.00 bits per heavy atom. The Balaban J connectivity index is 1.17. The first kappa shape index (κ1) is 25.2. The molecular weight excluding hydrogens is 563 g/mol. The number of benzene rings is 1. The van der Waals surface area contributed by atoms with Crippen molar-refractivity contribution in [2.75, 3.05) is 5.32 Å². The van der Waals surface area contributed by atoms with Crippen LogP contribution in [-0.4, -0.2) is 44.7 Å². The molecule has 13 heteroatoms. The van der Waals surface area contributed by atoms with E-state index in [0.717, 1.165) is 39.6 Å². The summed E-state index contributed by atoms with van der Waals surface area (Å²) in [6.45, 7) is 0.639. The summed E-state index contributed by atoms with van der Waals surface area (Å²) in [6.07, 6.45) is 6.53. The molecule has 0 radical (unpaired) electrons. The predicted molar refractivity (Wildman–Crippen MR) is 155 cm³/mol. The maximum atomic E-state index is 13.5. The van der Waals surface area contributed by atoms with Crippen LogP contribution < -0.4 is 10.9 Å². The van der Waals surface area contributed by atoms with E-state index in [1.807, 2.05) is 48.7 Å². The molecule has 0 aliphatic carbocycles. The van der Waals surface area contributed by atoms with Gasteiger partial charge < -0.3 is 19.9 Å². The number of tetrazole rings is 1. The fraction of sp³-hybridized carbons (Fsp3) is 0.143. The number of halogens is 2. The molecular formula is C28H22Cl2N10O. The zero-order chi connectivity index (χ0) is 27.9. The minimum Gasteiger partial charge on any atom is -0.365 e. The summed E-state index contributed by atoms with van der Waals surface area (Å²) in [6, 6.07) is 16.5. The Morgan fingerprint density at radius 1 is 1.07 bits per heavy atom. The van der Waals surface area contributed by atoms with Crippen LogP contribution in [-0.2, 0) is 13.0 Å². The van der Waals surface area contributed by atoms with E-state index in [0.29, 0.717) is 41.1 Å². The minimum absolute atomic E-state index is 0.143. The molecule has 0 bridgehead atoms. The molecule has 0 saturated carbocycles. The first-order chi connectivity index (χ1) is 20.0. The van der Waals surface area contributed by atoms with Gasteiger partial charge in [-0.25, -0.2) is 9.97 Å². The van der Waals surface area contributed by atoms with Gasteiger partial charge in [-0.15, -0.1) is 5.10 Å². The summed E-state index contributed by atoms with van der Waals surface area (Å²) in [5.41, 5.74) is 5.41. The fourth-order valence-corrected chi connectivity index (χ4v) is 5.66. The summed E-state index contributed by atoms with van der Waals surface area (Å²) >= 11 is 12.9. The number of H-pyrrole nitrogens is 2. The average Bonchev–Trinajstić information content (AvgIpc) is 3.80. The first-order valence-electron chi connectivity index (χ1n) is 12.9. The highest BCUT2D eigenvalue weighted by atomic mass is 35.5. The molecule has 1 aliphatic rings. The summed E-state index contributed by atoms with van der Waals surface area (Å²) in [5.74, 6) is 1.37. The van der Waals surface area contributed by atoms with E-state index in [2.05, 4.69) is 35.8 Å². The van der Waals surface area contributed by atoms with Crippen molar-refractivity contribution in [1.29, 1.82) is 0 Å². The molecule has 0 unspecified atom stereocenters. The molecule has 0 spiro atoms. The number of anilines is 1. The normalized spacial score (nSPS) is 14.3. The third-order valence-electron chi connectivity index (χ3n) is 7.15. The molecule has 11 nitrogen and oxygen atoms in total. The van der Waals surface area contributed by atoms with E-state index >= 15 is 0 Å². The molecule has 7 rings (SSSR count). The van der Waals surface area contributed by atoms with Gasteiger partial charge in [0.15, 0.2) is 0 Å². The van der Waals surface area contributed by atoms with Crippen molar-refractivity contribution in [2.24, 2.45) is 0 Å². The van der Waals surface area contributed by atoms with E-state index in [9.17, 15) is 4.79 Å². The van der Waals surface area contributed by atoms with Crippen LogP contribution in [0.25, 0.3) is 28.1 Å². The van der Waals surface area contributed by atoms with Crippen molar-refractivity contribution in [3.05, 3.63) is 111 Å². The third kappa shape index (κ3) is 4.79. The van der Waals surface area contributed by atoms with Crippen LogP contribution in [0.15, 0.2) is 78.1 Å². The van der Waals surface area contributed by atoms with Crippen molar-refractivity contribution in [2.45, 2.75) is 25.4 Å². The number of nitrogens with zero attached hydrogens (tertiary/aromatic N) is 7. The fourth-order valence-electron chi connectivity index (χ4n) is 5.24. The van der Waals surface area contributed by atoms with Gasteiger partial charge in [0.1, 0.15) is 28.8 Å². The molecule has 3 N–H and O–H groups in total. The molecule has 6 aromatic rings. The number of hydrogen-bond donors (Lipinski definition) is 3. The highest BCUT2D eigenvalue weighted by Crippen LogP contribution is 2.36. The summed E-state index contributed by atoms with van der Waals surface area (Å²) in [4.78, 5) is 29.2. The molecule has 0 saturated heterocycles. The lowest BCUT2D eigenvalue weighted by atomic mass is 10.0. The largest absolute Gasteiger partial charge is 0.365 e. The Labute approximate surface area is 243 Å². The van der Waals surface area contributed by atoms with Crippen molar-refractivity contribution in [1.82, 2.24) is 44.7 Å². The summed E-state index contributed by atoms with van der Waals surface area (Å²) < 4.78 is 3.32. The lowest BCUT2D eigenvalue weighted by molar-refractivity contribution is 0.572. The maximum absolute atomic E-state index is 13.5. The number of aryl methyl sites for hydroxylation is 1. The number of imidazole rings is 1. The number of pyridine rings is 2. The minimum atomic E-state index is -0.272. The van der Waals surface area contributed by atoms with Crippen LogP contribution >= 0.6 is 23.2 Å². The lowest BCUT2D eigenvalue weighted by Crippen LogP contribution is -2.24. The van der Waals surface area contributed by atoms with Gasteiger partial charge in [-0.2, -0.15) is 4.68 Å². The van der Waals surface area contributed by atoms with Crippen LogP contribution in [0.4, 0.5) is 5.82 Å². The monoisotopic (exact) mass is 584 g/mol. The molecule has 1 aromatic carbocycles. The second kappa shape index (κ2) is 10.3. The maximum Gasteiger partial charge on any atom is 0.252 e. The van der Waals surface area contributed by atoms with Gasteiger partial charge in [0, 0.05) is 46.0 Å². The van der Waals surface area contributed by atoms with Crippen LogP contribution in [0.2, 0.25) is 10.2 Å². The topological polar surface area (TPSA) is 135 Å². The highest BCUT2D eigenvalue weighted by Gasteiger charge is 2.29. The zero-order valence-corrected chi connectivity index (χ0v) is 22.9. The Morgan fingerprint density at radius 3 is 2.78 bits per heavy atom. The second-order valence-electron chi connectivity index (χ2n) is 9.68. The molecule has 5 aromatic heterocycles. The van der Waals surface area contributed by atoms with Crippen LogP contribution in [0.1, 0.15) is 29.7 Å². The Kier molecular flexibility index (Phi) is 6.37. The van der Waals surface area contributed by atoms with Gasteiger partial charge in [-0.3, -0.25) is 4.79 Å². The number of aromatic amines is 2. The van der Waals surface area contributed by atoms with E-state index in [1.54, 1.807) is 27.6 Å². The first-order valence-corrected chi connectivity index (χ1v) is 13.7. The van der Waals surface area contributed by atoms with Gasteiger partial charge in [-0.1, -0.05) is 23.2 Å². The number of nitrogens with one attached hydrogen (secondary N) is 3. The summed E-state index contributed by atoms with van der Waals surface area (Å²) in [5, 5.41) is 15.7. The average molecular weight is 585 g/mol. The molecule has 6 heterocycles. The molecule has 0 fully saturated rings. The van der Waals surface area contributed by atoms with Crippen molar-refractivity contribution in [3.63, 3.8) is 0 Å². The molecule has 204 valence electrons. The van der Waals surface area contributed by atoms with Crippen LogP contribution in [0, 0.1) is 0 Å². The van der Waals surface area contributed by atoms with Crippen molar-refractivity contribution < 1.29 is 0 Å². The van der Waals surface area contributed by atoms with E-state index in [-0.39, 0.29) is 11.6 Å². The van der Waals surface area contributed by atoms with Crippen LogP contribution in [0.3, 0.4) is 0 Å². The van der Waals surface area contributed by atoms with E-state index in [1.165, 1.54) is 6.33 Å². The standard InChI is InChI=1S/C28H22Cl2N10O/c29-18-4-6-22(39-15-34-37-38-39)21(12-18)17-10-20-5-7-23(40(20)25(41)11-17)28-35-26(27(30)36-28)16-3-8-24(32-13-16)33-14-19-2-1-9-31-19/h1-4,6,8-13,15,23,31H,5,7,14H2,(H,32,33)(H,35,36)/t23-/m0/s1.